The molecule has 1 fully saturated rings. The van der Waals surface area contributed by atoms with Crippen molar-refractivity contribution < 1.29 is 19.7 Å². The highest BCUT2D eigenvalue weighted by molar-refractivity contribution is 5.68. The topological polar surface area (TPSA) is 70.0 Å². The van der Waals surface area contributed by atoms with E-state index in [0.29, 0.717) is 6.42 Å². The van der Waals surface area contributed by atoms with E-state index in [1.807, 2.05) is 30.3 Å². The summed E-state index contributed by atoms with van der Waals surface area (Å²) in [6.07, 6.45) is -0.669. The molecule has 0 bridgehead atoms. The van der Waals surface area contributed by atoms with Crippen LogP contribution in [0.25, 0.3) is 0 Å². The van der Waals surface area contributed by atoms with Gasteiger partial charge >= 0.3 is 6.09 Å². The number of hydrogen-bond acceptors (Lipinski definition) is 4. The Balaban J connectivity index is 1.88. The first-order valence-corrected chi connectivity index (χ1v) is 5.97. The standard InChI is InChI=1S/C13H17NO4/c15-8-11-6-12(16)7-14(11)13(17)18-9-10-4-2-1-3-5-10/h1-5,11-12,15-16H,6-9H2/t11-,12+/m1/s1. The molecule has 0 aromatic heterocycles. The minimum Gasteiger partial charge on any atom is -0.445 e. The highest BCUT2D eigenvalue weighted by atomic mass is 16.6. The lowest BCUT2D eigenvalue weighted by Gasteiger charge is -2.21. The molecular formula is C13H17NO4. The number of benzene rings is 1. The Kier molecular flexibility index (Phi) is 4.17. The zero-order chi connectivity index (χ0) is 13.0. The number of likely N-dealkylation sites (tertiary alicyclic amines) is 1. The number of aliphatic hydroxyl groups is 2. The number of carbonyl (C=O) groups excluding carboxylic acids is 1. The number of ether oxygens (including phenoxy) is 1. The molecule has 1 aliphatic rings. The van der Waals surface area contributed by atoms with Gasteiger partial charge in [0.2, 0.25) is 0 Å². The molecule has 98 valence electrons. The Labute approximate surface area is 106 Å². The molecule has 5 heteroatoms. The van der Waals surface area contributed by atoms with Gasteiger partial charge in [0.05, 0.1) is 25.3 Å². The van der Waals surface area contributed by atoms with Gasteiger partial charge in [-0.1, -0.05) is 30.3 Å². The molecule has 18 heavy (non-hydrogen) atoms. The maximum absolute atomic E-state index is 11.8. The Hall–Kier alpha value is -1.59. The fourth-order valence-corrected chi connectivity index (χ4v) is 2.09. The van der Waals surface area contributed by atoms with Crippen LogP contribution in [0.5, 0.6) is 0 Å². The summed E-state index contributed by atoms with van der Waals surface area (Å²) in [4.78, 5) is 13.2. The molecular weight excluding hydrogens is 234 g/mol. The molecule has 1 aromatic rings. The summed E-state index contributed by atoms with van der Waals surface area (Å²) in [6, 6.07) is 9.04. The van der Waals surface area contributed by atoms with E-state index in [0.717, 1.165) is 5.56 Å². The molecule has 2 atom stereocenters. The van der Waals surface area contributed by atoms with Crippen LogP contribution in [-0.4, -0.2) is 46.5 Å². The normalized spacial score (nSPS) is 23.1. The lowest BCUT2D eigenvalue weighted by Crippen LogP contribution is -2.38. The average Bonchev–Trinajstić information content (AvgIpc) is 2.78. The van der Waals surface area contributed by atoms with Crippen molar-refractivity contribution in [1.82, 2.24) is 4.90 Å². The van der Waals surface area contributed by atoms with Crippen molar-refractivity contribution in [2.24, 2.45) is 0 Å². The molecule has 0 spiro atoms. The van der Waals surface area contributed by atoms with Gasteiger partial charge in [-0.2, -0.15) is 0 Å². The predicted octanol–water partition coefficient (Wildman–Crippen LogP) is 0.751. The van der Waals surface area contributed by atoms with E-state index in [4.69, 9.17) is 9.84 Å². The second-order valence-corrected chi connectivity index (χ2v) is 4.42. The van der Waals surface area contributed by atoms with Gasteiger partial charge in [-0.3, -0.25) is 0 Å². The van der Waals surface area contributed by atoms with Crippen molar-refractivity contribution in [3.63, 3.8) is 0 Å². The molecule has 2 N–H and O–H groups in total. The van der Waals surface area contributed by atoms with Crippen molar-refractivity contribution in [3.8, 4) is 0 Å². The van der Waals surface area contributed by atoms with E-state index in [-0.39, 0.29) is 25.8 Å². The van der Waals surface area contributed by atoms with E-state index < -0.39 is 12.2 Å². The van der Waals surface area contributed by atoms with E-state index >= 15 is 0 Å². The van der Waals surface area contributed by atoms with Gasteiger partial charge in [0.25, 0.3) is 0 Å². The van der Waals surface area contributed by atoms with Gasteiger partial charge in [-0.15, -0.1) is 0 Å². The van der Waals surface area contributed by atoms with Crippen LogP contribution < -0.4 is 0 Å². The minimum absolute atomic E-state index is 0.155. The molecule has 0 unspecified atom stereocenters. The lowest BCUT2D eigenvalue weighted by atomic mass is 10.2. The largest absolute Gasteiger partial charge is 0.445 e. The number of amides is 1. The second-order valence-electron chi connectivity index (χ2n) is 4.42. The van der Waals surface area contributed by atoms with Crippen LogP contribution in [0, 0.1) is 0 Å². The number of nitrogens with zero attached hydrogens (tertiary/aromatic N) is 1. The number of β-amino-alcohol motifs (C(OH)–C–C–N with tert-alkyl or cyclic N) is 1. The van der Waals surface area contributed by atoms with Gasteiger partial charge in [0, 0.05) is 0 Å². The number of rotatable bonds is 3. The molecule has 2 rings (SSSR count). The first-order chi connectivity index (χ1) is 8.70. The zero-order valence-corrected chi connectivity index (χ0v) is 10.0. The van der Waals surface area contributed by atoms with Crippen LogP contribution in [-0.2, 0) is 11.3 Å². The van der Waals surface area contributed by atoms with Crippen LogP contribution in [0.2, 0.25) is 0 Å². The van der Waals surface area contributed by atoms with Gasteiger partial charge in [0.1, 0.15) is 6.61 Å². The molecule has 1 aromatic carbocycles. The molecule has 0 aliphatic carbocycles. The maximum atomic E-state index is 11.8. The van der Waals surface area contributed by atoms with Crippen LogP contribution in [0.15, 0.2) is 30.3 Å². The third-order valence-electron chi connectivity index (χ3n) is 3.04. The summed E-state index contributed by atoms with van der Waals surface area (Å²) in [5.41, 5.74) is 0.908. The lowest BCUT2D eigenvalue weighted by molar-refractivity contribution is 0.0772. The molecule has 0 radical (unpaired) electrons. The van der Waals surface area contributed by atoms with E-state index in [9.17, 15) is 9.90 Å². The molecule has 1 amide bonds. The smallest absolute Gasteiger partial charge is 0.410 e. The van der Waals surface area contributed by atoms with Crippen molar-refractivity contribution in [2.75, 3.05) is 13.2 Å². The number of hydrogen-bond donors (Lipinski definition) is 2. The van der Waals surface area contributed by atoms with Crippen LogP contribution in [0.4, 0.5) is 4.79 Å². The van der Waals surface area contributed by atoms with Crippen LogP contribution in [0.1, 0.15) is 12.0 Å². The summed E-state index contributed by atoms with van der Waals surface area (Å²) in [6.45, 7) is 0.265. The highest BCUT2D eigenvalue weighted by Crippen LogP contribution is 2.18. The van der Waals surface area contributed by atoms with E-state index in [1.165, 1.54) is 4.90 Å². The highest BCUT2D eigenvalue weighted by Gasteiger charge is 2.34. The van der Waals surface area contributed by atoms with Crippen LogP contribution in [0.3, 0.4) is 0 Å². The van der Waals surface area contributed by atoms with Crippen molar-refractivity contribution in [1.29, 1.82) is 0 Å². The summed E-state index contributed by atoms with van der Waals surface area (Å²) in [7, 11) is 0. The third kappa shape index (κ3) is 3.00. The van der Waals surface area contributed by atoms with Gasteiger partial charge in [0.15, 0.2) is 0 Å². The minimum atomic E-state index is -0.577. The fourth-order valence-electron chi connectivity index (χ4n) is 2.09. The Morgan fingerprint density at radius 3 is 2.78 bits per heavy atom. The molecule has 5 nitrogen and oxygen atoms in total. The number of aliphatic hydroxyl groups excluding tert-OH is 2. The third-order valence-corrected chi connectivity index (χ3v) is 3.04. The fraction of sp³-hybridized carbons (Fsp3) is 0.462. The Morgan fingerprint density at radius 1 is 1.39 bits per heavy atom. The Bertz CT molecular complexity index is 395. The first kappa shape index (κ1) is 12.9. The van der Waals surface area contributed by atoms with Crippen LogP contribution >= 0.6 is 0 Å². The Morgan fingerprint density at radius 2 is 2.11 bits per heavy atom. The van der Waals surface area contributed by atoms with E-state index in [2.05, 4.69) is 0 Å². The second kappa shape index (κ2) is 5.84. The maximum Gasteiger partial charge on any atom is 0.410 e. The van der Waals surface area contributed by atoms with Gasteiger partial charge in [-0.05, 0) is 12.0 Å². The van der Waals surface area contributed by atoms with Crippen molar-refractivity contribution >= 4 is 6.09 Å². The zero-order valence-electron chi connectivity index (χ0n) is 10.0. The number of carbonyl (C=O) groups is 1. The van der Waals surface area contributed by atoms with Gasteiger partial charge < -0.3 is 19.8 Å². The quantitative estimate of drug-likeness (QED) is 0.831. The SMILES string of the molecule is O=C(OCc1ccccc1)N1C[C@@H](O)C[C@@H]1CO. The average molecular weight is 251 g/mol. The molecule has 0 saturated carbocycles. The predicted molar refractivity (Wildman–Crippen MR) is 64.8 cm³/mol. The molecule has 1 aliphatic heterocycles. The molecule has 1 saturated heterocycles. The van der Waals surface area contributed by atoms with E-state index in [1.54, 1.807) is 0 Å². The monoisotopic (exact) mass is 251 g/mol. The molecule has 1 heterocycles. The summed E-state index contributed by atoms with van der Waals surface area (Å²) >= 11 is 0. The first-order valence-electron chi connectivity index (χ1n) is 5.97. The van der Waals surface area contributed by atoms with Gasteiger partial charge in [-0.25, -0.2) is 4.79 Å². The summed E-state index contributed by atoms with van der Waals surface area (Å²) in [5, 5.41) is 18.6. The summed E-state index contributed by atoms with van der Waals surface area (Å²) < 4.78 is 5.16. The van der Waals surface area contributed by atoms with Crippen molar-refractivity contribution in [3.05, 3.63) is 35.9 Å². The summed E-state index contributed by atoms with van der Waals surface area (Å²) in [5.74, 6) is 0. The van der Waals surface area contributed by atoms with Crippen molar-refractivity contribution in [2.45, 2.75) is 25.2 Å².